The van der Waals surface area contributed by atoms with Crippen LogP contribution in [0.1, 0.15) is 19.8 Å². The van der Waals surface area contributed by atoms with E-state index in [2.05, 4.69) is 0 Å². The van der Waals surface area contributed by atoms with Gasteiger partial charge in [-0.2, -0.15) is 0 Å². The minimum atomic E-state index is -0.829. The molecule has 4 heteroatoms. The van der Waals surface area contributed by atoms with Gasteiger partial charge in [0.25, 0.3) is 0 Å². The van der Waals surface area contributed by atoms with Crippen LogP contribution in [0, 0.1) is 23.7 Å². The molecule has 2 aliphatic rings. The number of hydrogen-bond acceptors (Lipinski definition) is 2. The van der Waals surface area contributed by atoms with Gasteiger partial charge in [-0.1, -0.05) is 19.1 Å². The van der Waals surface area contributed by atoms with Crippen LogP contribution in [0.4, 0.5) is 0 Å². The molecule has 4 nitrogen and oxygen atoms in total. The van der Waals surface area contributed by atoms with Gasteiger partial charge in [-0.3, -0.25) is 9.59 Å². The van der Waals surface area contributed by atoms with Crippen molar-refractivity contribution < 1.29 is 14.7 Å². The summed E-state index contributed by atoms with van der Waals surface area (Å²) in [6, 6.07) is 0. The summed E-state index contributed by atoms with van der Waals surface area (Å²) < 4.78 is 0. The van der Waals surface area contributed by atoms with Crippen LogP contribution in [0.5, 0.6) is 0 Å². The van der Waals surface area contributed by atoms with E-state index in [1.54, 1.807) is 11.9 Å². The van der Waals surface area contributed by atoms with Gasteiger partial charge in [0.05, 0.1) is 11.8 Å². The molecule has 2 bridgehead atoms. The second-order valence-electron chi connectivity index (χ2n) is 5.10. The molecule has 1 fully saturated rings. The summed E-state index contributed by atoms with van der Waals surface area (Å²) in [4.78, 5) is 25.2. The van der Waals surface area contributed by atoms with Gasteiger partial charge in [0.1, 0.15) is 0 Å². The van der Waals surface area contributed by atoms with Crippen LogP contribution >= 0.6 is 0 Å². The van der Waals surface area contributed by atoms with Gasteiger partial charge in [0, 0.05) is 13.6 Å². The van der Waals surface area contributed by atoms with Gasteiger partial charge < -0.3 is 10.0 Å². The van der Waals surface area contributed by atoms with Crippen molar-refractivity contribution in [3.05, 3.63) is 12.2 Å². The fraction of sp³-hybridized carbons (Fsp3) is 0.692. The molecule has 0 aromatic carbocycles. The van der Waals surface area contributed by atoms with Crippen LogP contribution in [0.2, 0.25) is 0 Å². The third-order valence-electron chi connectivity index (χ3n) is 3.96. The van der Waals surface area contributed by atoms with Crippen molar-refractivity contribution in [2.45, 2.75) is 19.8 Å². The predicted molar refractivity (Wildman–Crippen MR) is 63.3 cm³/mol. The first-order valence-corrected chi connectivity index (χ1v) is 6.22. The van der Waals surface area contributed by atoms with E-state index >= 15 is 0 Å². The van der Waals surface area contributed by atoms with Gasteiger partial charge in [0.2, 0.25) is 5.91 Å². The van der Waals surface area contributed by atoms with Crippen molar-refractivity contribution >= 4 is 11.9 Å². The van der Waals surface area contributed by atoms with Crippen molar-refractivity contribution in [3.8, 4) is 0 Å². The van der Waals surface area contributed by atoms with Crippen molar-refractivity contribution in [1.82, 2.24) is 4.90 Å². The second-order valence-corrected chi connectivity index (χ2v) is 5.10. The smallest absolute Gasteiger partial charge is 0.307 e. The highest BCUT2D eigenvalue weighted by molar-refractivity contribution is 5.86. The minimum absolute atomic E-state index is 0.00361. The standard InChI is InChI=1S/C13H19NO3/c1-3-6-14(2)12(15)10-8-4-5-9(7-8)11(10)13(16)17/h4-5,8-11H,3,6-7H2,1-2H3,(H,16,17). The summed E-state index contributed by atoms with van der Waals surface area (Å²) in [6.07, 6.45) is 5.71. The Labute approximate surface area is 101 Å². The van der Waals surface area contributed by atoms with Gasteiger partial charge in [-0.05, 0) is 24.7 Å². The molecule has 94 valence electrons. The normalized spacial score (nSPS) is 34.0. The zero-order chi connectivity index (χ0) is 12.6. The number of allylic oxidation sites excluding steroid dienone is 2. The number of carboxylic acid groups (broad SMARTS) is 1. The number of carbonyl (C=O) groups excluding carboxylic acids is 1. The van der Waals surface area contributed by atoms with E-state index in [9.17, 15) is 14.7 Å². The molecule has 2 aliphatic carbocycles. The van der Waals surface area contributed by atoms with Crippen molar-refractivity contribution in [2.24, 2.45) is 23.7 Å². The molecular weight excluding hydrogens is 218 g/mol. The van der Waals surface area contributed by atoms with E-state index < -0.39 is 11.9 Å². The SMILES string of the molecule is CCCN(C)C(=O)C1C2C=CC(C2)C1C(=O)O. The molecule has 2 rings (SSSR count). The number of rotatable bonds is 4. The lowest BCUT2D eigenvalue weighted by molar-refractivity contribution is -0.150. The van der Waals surface area contributed by atoms with Crippen LogP contribution < -0.4 is 0 Å². The molecule has 0 aliphatic heterocycles. The molecule has 0 spiro atoms. The lowest BCUT2D eigenvalue weighted by Gasteiger charge is -2.28. The monoisotopic (exact) mass is 237 g/mol. The van der Waals surface area contributed by atoms with Crippen molar-refractivity contribution in [2.75, 3.05) is 13.6 Å². The topological polar surface area (TPSA) is 57.6 Å². The zero-order valence-corrected chi connectivity index (χ0v) is 10.3. The van der Waals surface area contributed by atoms with Crippen LogP contribution in [-0.2, 0) is 9.59 Å². The second kappa shape index (κ2) is 4.51. The average molecular weight is 237 g/mol. The summed E-state index contributed by atoms with van der Waals surface area (Å²) in [5.74, 6) is -1.51. The average Bonchev–Trinajstić information content (AvgIpc) is 2.87. The number of nitrogens with zero attached hydrogens (tertiary/aromatic N) is 1. The zero-order valence-electron chi connectivity index (χ0n) is 10.3. The Morgan fingerprint density at radius 3 is 2.41 bits per heavy atom. The Bertz CT molecular complexity index is 364. The number of hydrogen-bond donors (Lipinski definition) is 1. The molecule has 1 amide bonds. The van der Waals surface area contributed by atoms with Gasteiger partial charge in [-0.25, -0.2) is 0 Å². The molecule has 0 heterocycles. The number of carbonyl (C=O) groups is 2. The van der Waals surface area contributed by atoms with E-state index in [-0.39, 0.29) is 23.7 Å². The van der Waals surface area contributed by atoms with E-state index in [1.165, 1.54) is 0 Å². The van der Waals surface area contributed by atoms with E-state index in [4.69, 9.17) is 0 Å². The maximum atomic E-state index is 12.3. The molecule has 4 atom stereocenters. The first kappa shape index (κ1) is 12.1. The highest BCUT2D eigenvalue weighted by atomic mass is 16.4. The number of amides is 1. The lowest BCUT2D eigenvalue weighted by Crippen LogP contribution is -2.41. The number of carboxylic acids is 1. The maximum Gasteiger partial charge on any atom is 0.307 e. The van der Waals surface area contributed by atoms with E-state index in [0.29, 0.717) is 6.54 Å². The fourth-order valence-electron chi connectivity index (χ4n) is 3.20. The quantitative estimate of drug-likeness (QED) is 0.751. The highest BCUT2D eigenvalue weighted by Crippen LogP contribution is 2.48. The van der Waals surface area contributed by atoms with Crippen LogP contribution in [-0.4, -0.2) is 35.5 Å². The Kier molecular flexibility index (Phi) is 3.22. The largest absolute Gasteiger partial charge is 0.481 e. The lowest BCUT2D eigenvalue weighted by atomic mass is 9.82. The van der Waals surface area contributed by atoms with Gasteiger partial charge >= 0.3 is 5.97 Å². The minimum Gasteiger partial charge on any atom is -0.481 e. The Morgan fingerprint density at radius 1 is 1.29 bits per heavy atom. The molecule has 17 heavy (non-hydrogen) atoms. The molecule has 1 saturated carbocycles. The molecule has 1 N–H and O–H groups in total. The van der Waals surface area contributed by atoms with Crippen LogP contribution in [0.3, 0.4) is 0 Å². The first-order chi connectivity index (χ1) is 8.06. The van der Waals surface area contributed by atoms with Crippen LogP contribution in [0.25, 0.3) is 0 Å². The fourth-order valence-corrected chi connectivity index (χ4v) is 3.20. The van der Waals surface area contributed by atoms with Gasteiger partial charge in [-0.15, -0.1) is 0 Å². The Balaban J connectivity index is 2.16. The maximum absolute atomic E-state index is 12.3. The molecule has 0 saturated heterocycles. The van der Waals surface area contributed by atoms with Gasteiger partial charge in [0.15, 0.2) is 0 Å². The predicted octanol–water partition coefficient (Wildman–Crippen LogP) is 1.38. The molecule has 0 aromatic heterocycles. The third kappa shape index (κ3) is 1.96. The number of fused-ring (bicyclic) bond motifs is 2. The van der Waals surface area contributed by atoms with Crippen molar-refractivity contribution in [3.63, 3.8) is 0 Å². The first-order valence-electron chi connectivity index (χ1n) is 6.22. The summed E-state index contributed by atoms with van der Waals surface area (Å²) in [5, 5.41) is 9.26. The van der Waals surface area contributed by atoms with E-state index in [1.807, 2.05) is 19.1 Å². The van der Waals surface area contributed by atoms with Crippen LogP contribution in [0.15, 0.2) is 12.2 Å². The summed E-state index contributed by atoms with van der Waals surface area (Å²) in [7, 11) is 1.76. The molecule has 0 aromatic rings. The third-order valence-corrected chi connectivity index (χ3v) is 3.96. The summed E-state index contributed by atoms with van der Waals surface area (Å²) in [6.45, 7) is 2.71. The molecule has 0 radical (unpaired) electrons. The molecule has 4 unspecified atom stereocenters. The van der Waals surface area contributed by atoms with E-state index in [0.717, 1.165) is 12.8 Å². The highest BCUT2D eigenvalue weighted by Gasteiger charge is 2.52. The Hall–Kier alpha value is -1.32. The summed E-state index contributed by atoms with van der Waals surface area (Å²) >= 11 is 0. The molecular formula is C13H19NO3. The Morgan fingerprint density at radius 2 is 1.88 bits per heavy atom. The van der Waals surface area contributed by atoms with Crippen molar-refractivity contribution in [1.29, 1.82) is 0 Å². The number of aliphatic carboxylic acids is 1. The summed E-state index contributed by atoms with van der Waals surface area (Å²) in [5.41, 5.74) is 0.